The lowest BCUT2D eigenvalue weighted by Crippen LogP contribution is -1.92. The number of aryl methyl sites for hydroxylation is 2. The van der Waals surface area contributed by atoms with Gasteiger partial charge in [-0.2, -0.15) is 0 Å². The monoisotopic (exact) mass is 179 g/mol. The molecule has 0 aliphatic rings. The van der Waals surface area contributed by atoms with Crippen LogP contribution >= 0.6 is 0 Å². The Hall–Kier alpha value is -1.51. The summed E-state index contributed by atoms with van der Waals surface area (Å²) in [4.78, 5) is 13.5. The summed E-state index contributed by atoms with van der Waals surface area (Å²) in [5.41, 5.74) is 3.83. The molecule has 1 heterocycles. The van der Waals surface area contributed by atoms with E-state index in [4.69, 9.17) is 4.42 Å². The molecular formula is C10H13NO2. The highest BCUT2D eigenvalue weighted by Gasteiger charge is 2.03. The predicted octanol–water partition coefficient (Wildman–Crippen LogP) is 2.24. The summed E-state index contributed by atoms with van der Waals surface area (Å²) in [6.45, 7) is 4.11. The zero-order valence-corrected chi connectivity index (χ0v) is 7.68. The van der Waals surface area contributed by atoms with E-state index in [2.05, 4.69) is 11.9 Å². The Morgan fingerprint density at radius 2 is 2.31 bits per heavy atom. The summed E-state index contributed by atoms with van der Waals surface area (Å²) in [5.74, 6) is -0.386. The molecule has 0 saturated heterocycles. The molecule has 0 saturated carbocycles. The maximum Gasteiger partial charge on any atom is 0.417 e. The first-order valence-corrected chi connectivity index (χ1v) is 4.33. The number of H-pyrrole nitrogens is 1. The fourth-order valence-corrected chi connectivity index (χ4v) is 1.53. The molecule has 1 N–H and O–H groups in total. The summed E-state index contributed by atoms with van der Waals surface area (Å²) in [5, 5.41) is 0. The summed E-state index contributed by atoms with van der Waals surface area (Å²) < 4.78 is 4.95. The molecule has 0 aliphatic carbocycles. The molecule has 0 amide bonds. The fraction of sp³-hybridized carbons (Fsp3) is 0.300. The third-order valence-corrected chi connectivity index (χ3v) is 2.26. The molecule has 0 atom stereocenters. The quantitative estimate of drug-likeness (QED) is 0.729. The Labute approximate surface area is 76.9 Å². The lowest BCUT2D eigenvalue weighted by molar-refractivity contribution is 0.555. The largest absolute Gasteiger partial charge is 0.417 e. The Bertz CT molecular complexity index is 498. The number of oxazole rings is 1. The van der Waals surface area contributed by atoms with Crippen LogP contribution in [0.25, 0.3) is 11.1 Å². The number of rotatable bonds is 1. The number of aromatic nitrogens is 1. The van der Waals surface area contributed by atoms with Gasteiger partial charge < -0.3 is 4.42 Å². The molecule has 0 bridgehead atoms. The first kappa shape index (κ1) is 8.10. The smallest absolute Gasteiger partial charge is 0.408 e. The minimum Gasteiger partial charge on any atom is -0.408 e. The van der Waals surface area contributed by atoms with E-state index in [0.717, 1.165) is 11.9 Å². The van der Waals surface area contributed by atoms with E-state index in [1.807, 2.05) is 19.1 Å². The third kappa shape index (κ3) is 1.26. The van der Waals surface area contributed by atoms with Crippen LogP contribution in [0.1, 0.15) is 19.5 Å². The van der Waals surface area contributed by atoms with E-state index < -0.39 is 0 Å². The van der Waals surface area contributed by atoms with Crippen molar-refractivity contribution in [2.75, 3.05) is 0 Å². The van der Waals surface area contributed by atoms with Gasteiger partial charge in [0, 0.05) is 1.43 Å². The summed E-state index contributed by atoms with van der Waals surface area (Å²) in [6.07, 6.45) is 0.955. The number of hydrogen-bond acceptors (Lipinski definition) is 2. The minimum atomic E-state index is -0.386. The van der Waals surface area contributed by atoms with Crippen LogP contribution in [-0.2, 0) is 6.42 Å². The van der Waals surface area contributed by atoms with E-state index >= 15 is 0 Å². The van der Waals surface area contributed by atoms with Gasteiger partial charge in [0.2, 0.25) is 0 Å². The zero-order valence-electron chi connectivity index (χ0n) is 7.68. The molecule has 2 aromatic rings. The normalized spacial score (nSPS) is 10.9. The molecule has 13 heavy (non-hydrogen) atoms. The van der Waals surface area contributed by atoms with Gasteiger partial charge in [0.05, 0.1) is 5.52 Å². The number of nitrogens with one attached hydrogen (secondary N) is 1. The zero-order chi connectivity index (χ0) is 9.42. The van der Waals surface area contributed by atoms with Gasteiger partial charge in [0.15, 0.2) is 5.58 Å². The van der Waals surface area contributed by atoms with Gasteiger partial charge >= 0.3 is 5.76 Å². The Morgan fingerprint density at radius 1 is 1.54 bits per heavy atom. The van der Waals surface area contributed by atoms with Gasteiger partial charge in [-0.05, 0) is 36.6 Å². The summed E-state index contributed by atoms with van der Waals surface area (Å²) in [7, 11) is 0. The number of aromatic amines is 1. The molecule has 0 unspecified atom stereocenters. The Kier molecular flexibility index (Phi) is 1.72. The molecular weight excluding hydrogens is 166 g/mol. The van der Waals surface area contributed by atoms with Crippen molar-refractivity contribution >= 4 is 11.1 Å². The van der Waals surface area contributed by atoms with Crippen molar-refractivity contribution in [3.63, 3.8) is 0 Å². The van der Waals surface area contributed by atoms with Crippen molar-refractivity contribution in [3.05, 3.63) is 33.8 Å². The topological polar surface area (TPSA) is 46.0 Å². The van der Waals surface area contributed by atoms with Crippen molar-refractivity contribution in [2.24, 2.45) is 0 Å². The molecule has 3 heteroatoms. The van der Waals surface area contributed by atoms with E-state index in [-0.39, 0.29) is 7.18 Å². The first-order valence-electron chi connectivity index (χ1n) is 4.33. The van der Waals surface area contributed by atoms with E-state index in [0.29, 0.717) is 5.58 Å². The van der Waals surface area contributed by atoms with Crippen LogP contribution in [0.4, 0.5) is 0 Å². The van der Waals surface area contributed by atoms with Crippen molar-refractivity contribution in [1.29, 1.82) is 0 Å². The molecule has 1 aromatic carbocycles. The molecule has 1 aromatic heterocycles. The second-order valence-electron chi connectivity index (χ2n) is 3.14. The van der Waals surface area contributed by atoms with E-state index in [1.165, 1.54) is 11.1 Å². The SMILES string of the molecule is CCc1cc2oc(=O)[nH]c2cc1C.[HH]. The lowest BCUT2D eigenvalue weighted by Gasteiger charge is -2.00. The van der Waals surface area contributed by atoms with Crippen molar-refractivity contribution in [3.8, 4) is 0 Å². The van der Waals surface area contributed by atoms with Crippen LogP contribution in [0, 0.1) is 6.92 Å². The van der Waals surface area contributed by atoms with E-state index in [9.17, 15) is 4.79 Å². The molecule has 70 valence electrons. The lowest BCUT2D eigenvalue weighted by atomic mass is 10.1. The van der Waals surface area contributed by atoms with Crippen LogP contribution in [0.15, 0.2) is 21.3 Å². The molecule has 2 rings (SSSR count). The van der Waals surface area contributed by atoms with Crippen LogP contribution < -0.4 is 5.76 Å². The van der Waals surface area contributed by atoms with Gasteiger partial charge in [-0.15, -0.1) is 0 Å². The highest BCUT2D eigenvalue weighted by molar-refractivity contribution is 5.74. The predicted molar refractivity (Wildman–Crippen MR) is 53.1 cm³/mol. The van der Waals surface area contributed by atoms with Gasteiger partial charge in [0.1, 0.15) is 0 Å². The molecule has 0 fully saturated rings. The minimum absolute atomic E-state index is 0. The maximum absolute atomic E-state index is 10.9. The van der Waals surface area contributed by atoms with Crippen molar-refractivity contribution < 1.29 is 5.84 Å². The average Bonchev–Trinajstić information content (AvgIpc) is 2.42. The highest BCUT2D eigenvalue weighted by atomic mass is 16.4. The molecule has 3 nitrogen and oxygen atoms in total. The summed E-state index contributed by atoms with van der Waals surface area (Å²) >= 11 is 0. The van der Waals surface area contributed by atoms with E-state index in [1.54, 1.807) is 0 Å². The molecule has 0 aliphatic heterocycles. The number of benzene rings is 1. The molecule has 0 radical (unpaired) electrons. The highest BCUT2D eigenvalue weighted by Crippen LogP contribution is 2.17. The van der Waals surface area contributed by atoms with Crippen LogP contribution in [0.5, 0.6) is 0 Å². The van der Waals surface area contributed by atoms with Gasteiger partial charge in [-0.1, -0.05) is 6.92 Å². The van der Waals surface area contributed by atoms with Gasteiger partial charge in [0.25, 0.3) is 0 Å². The number of hydrogen-bond donors (Lipinski definition) is 1. The maximum atomic E-state index is 10.9. The second kappa shape index (κ2) is 2.76. The molecule has 0 spiro atoms. The van der Waals surface area contributed by atoms with Gasteiger partial charge in [-0.3, -0.25) is 4.98 Å². The number of fused-ring (bicyclic) bond motifs is 1. The fourth-order valence-electron chi connectivity index (χ4n) is 1.53. The van der Waals surface area contributed by atoms with Crippen molar-refractivity contribution in [1.82, 2.24) is 4.98 Å². The third-order valence-electron chi connectivity index (χ3n) is 2.26. The van der Waals surface area contributed by atoms with Crippen LogP contribution in [0.2, 0.25) is 0 Å². The average molecular weight is 179 g/mol. The Morgan fingerprint density at radius 3 is 3.00 bits per heavy atom. The Balaban J connectivity index is 0.000000980. The summed E-state index contributed by atoms with van der Waals surface area (Å²) in [6, 6.07) is 3.86. The second-order valence-corrected chi connectivity index (χ2v) is 3.14. The first-order chi connectivity index (χ1) is 6.20. The standard InChI is InChI=1S/C10H11NO2.H2/c1-3-7-5-9-8(4-6(7)2)11-10(12)13-9;/h4-5H,3H2,1-2H3,(H,11,12);1H. The van der Waals surface area contributed by atoms with Gasteiger partial charge in [-0.25, -0.2) is 4.79 Å². The van der Waals surface area contributed by atoms with Crippen molar-refractivity contribution in [2.45, 2.75) is 20.3 Å². The van der Waals surface area contributed by atoms with Crippen LogP contribution in [-0.4, -0.2) is 4.98 Å². The van der Waals surface area contributed by atoms with Crippen LogP contribution in [0.3, 0.4) is 0 Å².